The highest BCUT2D eigenvalue weighted by atomic mass is 31.2. The van der Waals surface area contributed by atoms with E-state index in [4.69, 9.17) is 14.0 Å². The Morgan fingerprint density at radius 2 is 1.51 bits per heavy atom. The van der Waals surface area contributed by atoms with Crippen molar-refractivity contribution in [1.82, 2.24) is 9.83 Å². The molecule has 9 nitrogen and oxygen atoms in total. The number of piperazine rings is 1. The van der Waals surface area contributed by atoms with Crippen molar-refractivity contribution in [3.63, 3.8) is 0 Å². The van der Waals surface area contributed by atoms with E-state index < -0.39 is 31.1 Å². The third kappa shape index (κ3) is 5.30. The normalized spacial score (nSPS) is 18.0. The number of carbonyl (C=O) groups excluding carboxylic acids is 1. The van der Waals surface area contributed by atoms with Gasteiger partial charge in [-0.3, -0.25) is 9.46 Å². The zero-order valence-electron chi connectivity index (χ0n) is 21.9. The Kier molecular flexibility index (Phi) is 7.47. The van der Waals surface area contributed by atoms with Crippen LogP contribution >= 0.6 is 7.29 Å². The summed E-state index contributed by atoms with van der Waals surface area (Å²) in [6.45, 7) is 1.29. The Bertz CT molecular complexity index is 1480. The monoisotopic (exact) mass is 580 g/mol. The molecular formula is C29H27F2N4O5P. The van der Waals surface area contributed by atoms with Gasteiger partial charge in [-0.05, 0) is 29.4 Å². The molecule has 1 aromatic heterocycles. The van der Waals surface area contributed by atoms with Crippen LogP contribution in [0.1, 0.15) is 0 Å². The molecule has 0 aliphatic carbocycles. The number of carbonyl (C=O) groups is 1. The topological polar surface area (TPSA) is 88.3 Å². The van der Waals surface area contributed by atoms with Crippen molar-refractivity contribution < 1.29 is 32.1 Å². The van der Waals surface area contributed by atoms with Crippen molar-refractivity contribution in [3.05, 3.63) is 96.8 Å². The second-order valence-electron chi connectivity index (χ2n) is 9.71. The van der Waals surface area contributed by atoms with Crippen molar-refractivity contribution >= 4 is 35.4 Å². The van der Waals surface area contributed by atoms with Crippen LogP contribution in [0.2, 0.25) is 0 Å². The Morgan fingerprint density at radius 3 is 2.07 bits per heavy atom. The van der Waals surface area contributed by atoms with Gasteiger partial charge in [0, 0.05) is 55.0 Å². The van der Waals surface area contributed by atoms with E-state index >= 15 is 8.78 Å². The molecule has 12 heteroatoms. The molecule has 6 rings (SSSR count). The molecule has 4 aromatic rings. The SMILES string of the molecule is O=C1O[C@@H](COc2ccon2)CN1c1cc(F)c(N2CCN(P(=O)(c3ccccc3)c3ccccc3)CC2)c(F)c1. The van der Waals surface area contributed by atoms with E-state index in [1.807, 2.05) is 65.3 Å². The fraction of sp³-hybridized carbons (Fsp3) is 0.241. The van der Waals surface area contributed by atoms with Gasteiger partial charge in [-0.25, -0.2) is 18.2 Å². The largest absolute Gasteiger partial charge is 0.471 e. The summed E-state index contributed by atoms with van der Waals surface area (Å²) in [5.41, 5.74) is -0.130. The lowest BCUT2D eigenvalue weighted by Crippen LogP contribution is -2.48. The Hall–Kier alpha value is -4.21. The van der Waals surface area contributed by atoms with Gasteiger partial charge in [-0.1, -0.05) is 36.4 Å². The van der Waals surface area contributed by atoms with Crippen LogP contribution in [0.4, 0.5) is 25.0 Å². The average Bonchev–Trinajstić information content (AvgIpc) is 3.66. The molecule has 0 radical (unpaired) electrons. The van der Waals surface area contributed by atoms with Crippen molar-refractivity contribution in [2.75, 3.05) is 49.1 Å². The number of amides is 1. The van der Waals surface area contributed by atoms with Crippen LogP contribution in [-0.4, -0.2) is 61.4 Å². The molecule has 3 aromatic carbocycles. The second kappa shape index (κ2) is 11.3. The van der Waals surface area contributed by atoms with Gasteiger partial charge in [0.15, 0.2) is 17.7 Å². The average molecular weight is 581 g/mol. The molecule has 0 N–H and O–H groups in total. The number of hydrogen-bond donors (Lipinski definition) is 0. The van der Waals surface area contributed by atoms with Gasteiger partial charge in [0.05, 0.1) is 12.2 Å². The second-order valence-corrected chi connectivity index (χ2v) is 12.5. The highest BCUT2D eigenvalue weighted by Gasteiger charge is 2.38. The molecular weight excluding hydrogens is 553 g/mol. The fourth-order valence-electron chi connectivity index (χ4n) is 5.22. The number of rotatable bonds is 8. The van der Waals surface area contributed by atoms with E-state index in [-0.39, 0.29) is 43.5 Å². The van der Waals surface area contributed by atoms with Crippen LogP contribution in [0.5, 0.6) is 5.88 Å². The van der Waals surface area contributed by atoms with Gasteiger partial charge in [0.2, 0.25) is 7.29 Å². The summed E-state index contributed by atoms with van der Waals surface area (Å²) in [5, 5.41) is 5.05. The Labute approximate surface area is 235 Å². The lowest BCUT2D eigenvalue weighted by molar-refractivity contribution is 0.102. The molecule has 3 heterocycles. The summed E-state index contributed by atoms with van der Waals surface area (Å²) in [5.74, 6) is -1.35. The molecule has 0 bridgehead atoms. The predicted octanol–water partition coefficient (Wildman–Crippen LogP) is 4.41. The number of halogens is 2. The lowest BCUT2D eigenvalue weighted by atomic mass is 10.2. The van der Waals surface area contributed by atoms with Gasteiger partial charge >= 0.3 is 6.09 Å². The highest BCUT2D eigenvalue weighted by molar-refractivity contribution is 7.76. The first-order chi connectivity index (χ1) is 19.9. The number of ether oxygens (including phenoxy) is 2. The predicted molar refractivity (Wildman–Crippen MR) is 150 cm³/mol. The van der Waals surface area contributed by atoms with Gasteiger partial charge in [0.1, 0.15) is 18.6 Å². The number of cyclic esters (lactones) is 1. The summed E-state index contributed by atoms with van der Waals surface area (Å²) in [7, 11) is -3.16. The van der Waals surface area contributed by atoms with Crippen molar-refractivity contribution in [2.45, 2.75) is 6.10 Å². The minimum absolute atomic E-state index is 0.0118. The molecule has 1 atom stereocenters. The van der Waals surface area contributed by atoms with E-state index in [1.54, 1.807) is 4.90 Å². The van der Waals surface area contributed by atoms with Crippen molar-refractivity contribution in [1.29, 1.82) is 0 Å². The number of aromatic nitrogens is 1. The highest BCUT2D eigenvalue weighted by Crippen LogP contribution is 2.48. The van der Waals surface area contributed by atoms with Gasteiger partial charge in [0.25, 0.3) is 5.88 Å². The van der Waals surface area contributed by atoms with Crippen LogP contribution in [0.15, 0.2) is 89.6 Å². The number of anilines is 2. The lowest BCUT2D eigenvalue weighted by Gasteiger charge is -2.40. The Balaban J connectivity index is 1.16. The van der Waals surface area contributed by atoms with Gasteiger partial charge in [-0.15, -0.1) is 0 Å². The van der Waals surface area contributed by atoms with E-state index in [2.05, 4.69) is 5.16 Å². The molecule has 0 saturated carbocycles. The fourth-order valence-corrected chi connectivity index (χ4v) is 8.07. The maximum absolute atomic E-state index is 15.4. The molecule has 0 unspecified atom stereocenters. The zero-order chi connectivity index (χ0) is 28.4. The first-order valence-corrected chi connectivity index (χ1v) is 14.8. The van der Waals surface area contributed by atoms with Crippen LogP contribution in [0, 0.1) is 11.6 Å². The first kappa shape index (κ1) is 27.0. The van der Waals surface area contributed by atoms with Gasteiger partial charge in [-0.2, -0.15) is 0 Å². The quantitative estimate of drug-likeness (QED) is 0.284. The van der Waals surface area contributed by atoms with Crippen LogP contribution in [0.3, 0.4) is 0 Å². The van der Waals surface area contributed by atoms with E-state index in [1.165, 1.54) is 17.2 Å². The number of nitrogens with zero attached hydrogens (tertiary/aromatic N) is 4. The van der Waals surface area contributed by atoms with E-state index in [0.29, 0.717) is 23.7 Å². The van der Waals surface area contributed by atoms with Gasteiger partial charge < -0.3 is 18.9 Å². The third-order valence-electron chi connectivity index (χ3n) is 7.20. The molecule has 41 heavy (non-hydrogen) atoms. The van der Waals surface area contributed by atoms with E-state index in [0.717, 1.165) is 12.1 Å². The standard InChI is InChI=1S/C29H27F2N4O5P/c30-25-17-21(35-19-22(40-29(35)36)20-38-27-11-16-39-32-27)18-26(31)28(25)33-12-14-34(15-13-33)41(37,23-7-3-1-4-8-23)24-9-5-2-6-10-24/h1-11,16-18,22H,12-15,19-20H2/t22-/m1/s1. The summed E-state index contributed by atoms with van der Waals surface area (Å²) in [6, 6.07) is 22.4. The van der Waals surface area contributed by atoms with E-state index in [9.17, 15) is 9.36 Å². The minimum atomic E-state index is -3.16. The first-order valence-electron chi connectivity index (χ1n) is 13.2. The number of benzene rings is 3. The molecule has 2 fully saturated rings. The van der Waals surface area contributed by atoms with Crippen LogP contribution in [0.25, 0.3) is 0 Å². The molecule has 0 spiro atoms. The molecule has 2 aliphatic heterocycles. The molecule has 212 valence electrons. The maximum atomic E-state index is 15.4. The van der Waals surface area contributed by atoms with Crippen LogP contribution < -0.4 is 25.1 Å². The van der Waals surface area contributed by atoms with Crippen molar-refractivity contribution in [3.8, 4) is 5.88 Å². The number of hydrogen-bond acceptors (Lipinski definition) is 7. The summed E-state index contributed by atoms with van der Waals surface area (Å²) >= 11 is 0. The van der Waals surface area contributed by atoms with Crippen molar-refractivity contribution in [2.24, 2.45) is 0 Å². The molecule has 2 saturated heterocycles. The summed E-state index contributed by atoms with van der Waals surface area (Å²) in [6.07, 6.45) is -0.0278. The smallest absolute Gasteiger partial charge is 0.414 e. The molecule has 2 aliphatic rings. The Morgan fingerprint density at radius 1 is 0.902 bits per heavy atom. The van der Waals surface area contributed by atoms with Crippen LogP contribution in [-0.2, 0) is 9.30 Å². The molecule has 1 amide bonds. The zero-order valence-corrected chi connectivity index (χ0v) is 22.8. The third-order valence-corrected chi connectivity index (χ3v) is 10.4. The minimum Gasteiger partial charge on any atom is -0.471 e. The maximum Gasteiger partial charge on any atom is 0.414 e. The summed E-state index contributed by atoms with van der Waals surface area (Å²) in [4.78, 5) is 15.2. The summed E-state index contributed by atoms with van der Waals surface area (Å²) < 4.78 is 62.7.